The first kappa shape index (κ1) is 15.2. The lowest BCUT2D eigenvalue weighted by Crippen LogP contribution is -2.25. The first-order chi connectivity index (χ1) is 8.88. The normalized spacial score (nSPS) is 12.6. The molecule has 0 aliphatic rings. The zero-order valence-electron chi connectivity index (χ0n) is 11.8. The van der Waals surface area contributed by atoms with Gasteiger partial charge in [0, 0.05) is 20.2 Å². The van der Waals surface area contributed by atoms with Gasteiger partial charge in [0.15, 0.2) is 0 Å². The van der Waals surface area contributed by atoms with Crippen LogP contribution in [-0.2, 0) is 4.74 Å². The topological polar surface area (TPSA) is 21.3 Å². The van der Waals surface area contributed by atoms with Crippen LogP contribution in [0.4, 0.5) is 0 Å². The molecule has 0 fully saturated rings. The second kappa shape index (κ2) is 10.1. The third-order valence-electron chi connectivity index (χ3n) is 3.30. The number of rotatable bonds is 10. The summed E-state index contributed by atoms with van der Waals surface area (Å²) in [6.45, 7) is 5.04. The van der Waals surface area contributed by atoms with Gasteiger partial charge in [-0.2, -0.15) is 0 Å². The van der Waals surface area contributed by atoms with E-state index < -0.39 is 0 Å². The van der Waals surface area contributed by atoms with Crippen LogP contribution in [0.5, 0.6) is 0 Å². The SMILES string of the molecule is CCCCCC(CNCCOC)c1ccccc1. The highest BCUT2D eigenvalue weighted by Gasteiger charge is 2.10. The highest BCUT2D eigenvalue weighted by molar-refractivity contribution is 5.19. The van der Waals surface area contributed by atoms with Crippen LogP contribution < -0.4 is 5.32 Å². The lowest BCUT2D eigenvalue weighted by Gasteiger charge is -2.18. The van der Waals surface area contributed by atoms with Gasteiger partial charge in [-0.3, -0.25) is 0 Å². The zero-order valence-corrected chi connectivity index (χ0v) is 11.8. The fourth-order valence-corrected chi connectivity index (χ4v) is 2.20. The molecule has 102 valence electrons. The fourth-order valence-electron chi connectivity index (χ4n) is 2.20. The van der Waals surface area contributed by atoms with Crippen molar-refractivity contribution in [2.24, 2.45) is 0 Å². The minimum absolute atomic E-state index is 0.634. The van der Waals surface area contributed by atoms with Crippen LogP contribution in [0.2, 0.25) is 0 Å². The summed E-state index contributed by atoms with van der Waals surface area (Å²) in [5.74, 6) is 0.634. The van der Waals surface area contributed by atoms with E-state index in [1.54, 1.807) is 7.11 Å². The fraction of sp³-hybridized carbons (Fsp3) is 0.625. The average molecular weight is 249 g/mol. The molecule has 1 aromatic rings. The number of ether oxygens (including phenoxy) is 1. The quantitative estimate of drug-likeness (QED) is 0.640. The molecule has 0 saturated heterocycles. The Morgan fingerprint density at radius 3 is 2.61 bits per heavy atom. The third kappa shape index (κ3) is 6.18. The molecule has 0 amide bonds. The molecule has 0 aliphatic heterocycles. The molecule has 1 N–H and O–H groups in total. The summed E-state index contributed by atoms with van der Waals surface area (Å²) in [5, 5.41) is 3.49. The van der Waals surface area contributed by atoms with Gasteiger partial charge in [0.05, 0.1) is 6.61 Å². The molecule has 0 spiro atoms. The molecule has 2 nitrogen and oxygen atoms in total. The Morgan fingerprint density at radius 1 is 1.17 bits per heavy atom. The highest BCUT2D eigenvalue weighted by atomic mass is 16.5. The van der Waals surface area contributed by atoms with Gasteiger partial charge in [-0.1, -0.05) is 56.5 Å². The maximum Gasteiger partial charge on any atom is 0.0587 e. The number of methoxy groups -OCH3 is 1. The lowest BCUT2D eigenvalue weighted by atomic mass is 9.93. The molecule has 18 heavy (non-hydrogen) atoms. The van der Waals surface area contributed by atoms with Crippen molar-refractivity contribution in [3.63, 3.8) is 0 Å². The van der Waals surface area contributed by atoms with Gasteiger partial charge in [-0.25, -0.2) is 0 Å². The molecule has 0 aromatic heterocycles. The summed E-state index contributed by atoms with van der Waals surface area (Å²) in [4.78, 5) is 0. The van der Waals surface area contributed by atoms with Gasteiger partial charge in [0.25, 0.3) is 0 Å². The van der Waals surface area contributed by atoms with Crippen molar-refractivity contribution in [3.8, 4) is 0 Å². The van der Waals surface area contributed by atoms with E-state index >= 15 is 0 Å². The Kier molecular flexibility index (Phi) is 8.53. The number of nitrogens with one attached hydrogen (secondary N) is 1. The van der Waals surface area contributed by atoms with Crippen molar-refractivity contribution in [1.82, 2.24) is 5.32 Å². The Hall–Kier alpha value is -0.860. The molecule has 1 aromatic carbocycles. The summed E-state index contributed by atoms with van der Waals surface area (Å²) in [6, 6.07) is 10.8. The predicted octanol–water partition coefficient (Wildman–Crippen LogP) is 3.59. The van der Waals surface area contributed by atoms with Gasteiger partial charge < -0.3 is 10.1 Å². The summed E-state index contributed by atoms with van der Waals surface area (Å²) in [7, 11) is 1.75. The number of unbranched alkanes of at least 4 members (excludes halogenated alkanes) is 2. The Morgan fingerprint density at radius 2 is 1.94 bits per heavy atom. The van der Waals surface area contributed by atoms with E-state index in [2.05, 4.69) is 42.6 Å². The van der Waals surface area contributed by atoms with E-state index in [0.717, 1.165) is 19.7 Å². The Labute approximate surface area is 112 Å². The van der Waals surface area contributed by atoms with Crippen LogP contribution in [0.1, 0.15) is 44.1 Å². The molecule has 0 bridgehead atoms. The maximum absolute atomic E-state index is 5.07. The van der Waals surface area contributed by atoms with E-state index in [9.17, 15) is 0 Å². The van der Waals surface area contributed by atoms with E-state index in [1.807, 2.05) is 0 Å². The molecule has 0 heterocycles. The lowest BCUT2D eigenvalue weighted by molar-refractivity contribution is 0.198. The standard InChI is InChI=1S/C16H27NO/c1-3-4-6-11-16(14-17-12-13-18-2)15-9-7-5-8-10-15/h5,7-10,16-17H,3-4,6,11-14H2,1-2H3. The van der Waals surface area contributed by atoms with Crippen LogP contribution in [0.3, 0.4) is 0 Å². The molecule has 1 unspecified atom stereocenters. The molecule has 1 rings (SSSR count). The zero-order chi connectivity index (χ0) is 13.1. The van der Waals surface area contributed by atoms with E-state index in [-0.39, 0.29) is 0 Å². The summed E-state index contributed by atoms with van der Waals surface area (Å²) in [6.07, 6.45) is 5.22. The van der Waals surface area contributed by atoms with Gasteiger partial charge in [-0.05, 0) is 17.9 Å². The minimum Gasteiger partial charge on any atom is -0.383 e. The molecular formula is C16H27NO. The number of hydrogen-bond donors (Lipinski definition) is 1. The number of benzene rings is 1. The van der Waals surface area contributed by atoms with E-state index in [4.69, 9.17) is 4.74 Å². The highest BCUT2D eigenvalue weighted by Crippen LogP contribution is 2.21. The Bertz CT molecular complexity index is 286. The monoisotopic (exact) mass is 249 g/mol. The van der Waals surface area contributed by atoms with Crippen molar-refractivity contribution in [2.45, 2.75) is 38.5 Å². The predicted molar refractivity (Wildman–Crippen MR) is 78.1 cm³/mol. The third-order valence-corrected chi connectivity index (χ3v) is 3.30. The first-order valence-electron chi connectivity index (χ1n) is 7.13. The van der Waals surface area contributed by atoms with Crippen molar-refractivity contribution in [3.05, 3.63) is 35.9 Å². The molecular weight excluding hydrogens is 222 g/mol. The molecule has 0 radical (unpaired) electrons. The van der Waals surface area contributed by atoms with Crippen molar-refractivity contribution < 1.29 is 4.74 Å². The first-order valence-corrected chi connectivity index (χ1v) is 7.13. The molecule has 1 atom stereocenters. The van der Waals surface area contributed by atoms with Crippen LogP contribution in [0.25, 0.3) is 0 Å². The van der Waals surface area contributed by atoms with Crippen molar-refractivity contribution in [1.29, 1.82) is 0 Å². The summed E-state index contributed by atoms with van der Waals surface area (Å²) >= 11 is 0. The van der Waals surface area contributed by atoms with Gasteiger partial charge in [0.1, 0.15) is 0 Å². The summed E-state index contributed by atoms with van der Waals surface area (Å²) in [5.41, 5.74) is 1.46. The number of hydrogen-bond acceptors (Lipinski definition) is 2. The van der Waals surface area contributed by atoms with Crippen LogP contribution in [0, 0.1) is 0 Å². The second-order valence-electron chi connectivity index (χ2n) is 4.80. The van der Waals surface area contributed by atoms with Crippen molar-refractivity contribution in [2.75, 3.05) is 26.8 Å². The Balaban J connectivity index is 2.42. The van der Waals surface area contributed by atoms with Crippen LogP contribution in [-0.4, -0.2) is 26.8 Å². The smallest absolute Gasteiger partial charge is 0.0587 e. The van der Waals surface area contributed by atoms with Crippen molar-refractivity contribution >= 4 is 0 Å². The van der Waals surface area contributed by atoms with E-state index in [0.29, 0.717) is 5.92 Å². The second-order valence-corrected chi connectivity index (χ2v) is 4.80. The average Bonchev–Trinajstić information content (AvgIpc) is 2.42. The molecule has 0 aliphatic carbocycles. The van der Waals surface area contributed by atoms with E-state index in [1.165, 1.54) is 31.2 Å². The van der Waals surface area contributed by atoms with Gasteiger partial charge in [-0.15, -0.1) is 0 Å². The molecule has 0 saturated carbocycles. The maximum atomic E-state index is 5.07. The molecule has 2 heteroatoms. The summed E-state index contributed by atoms with van der Waals surface area (Å²) < 4.78 is 5.07. The van der Waals surface area contributed by atoms with Crippen LogP contribution in [0.15, 0.2) is 30.3 Å². The largest absolute Gasteiger partial charge is 0.383 e. The van der Waals surface area contributed by atoms with Crippen LogP contribution >= 0.6 is 0 Å². The van der Waals surface area contributed by atoms with Gasteiger partial charge in [0.2, 0.25) is 0 Å². The van der Waals surface area contributed by atoms with Gasteiger partial charge >= 0.3 is 0 Å². The minimum atomic E-state index is 0.634.